The van der Waals surface area contributed by atoms with Crippen molar-refractivity contribution >= 4 is 22.6 Å². The van der Waals surface area contributed by atoms with Crippen LogP contribution in [-0.2, 0) is 4.74 Å². The van der Waals surface area contributed by atoms with Crippen LogP contribution in [0.15, 0.2) is 30.5 Å². The van der Waals surface area contributed by atoms with Gasteiger partial charge in [0.1, 0.15) is 5.56 Å². The van der Waals surface area contributed by atoms with Gasteiger partial charge < -0.3 is 15.2 Å². The molecule has 1 aromatic heterocycles. The summed E-state index contributed by atoms with van der Waals surface area (Å²) >= 11 is 0. The number of hydrogen-bond donors (Lipinski definition) is 2. The van der Waals surface area contributed by atoms with Crippen molar-refractivity contribution in [3.8, 4) is 0 Å². The van der Waals surface area contributed by atoms with Crippen LogP contribution in [0.2, 0.25) is 0 Å². The highest BCUT2D eigenvalue weighted by Gasteiger charge is 2.19. The Kier molecular flexibility index (Phi) is 3.52. The molecule has 1 aromatic carbocycles. The summed E-state index contributed by atoms with van der Waals surface area (Å²) in [6, 6.07) is 7.69. The lowest BCUT2D eigenvalue weighted by Gasteiger charge is -2.25. The maximum Gasteiger partial charge on any atom is 0.339 e. The fraction of sp³-hybridized carbons (Fsp3) is 0.333. The first-order valence-electron chi connectivity index (χ1n) is 6.71. The molecule has 20 heavy (non-hydrogen) atoms. The quantitative estimate of drug-likeness (QED) is 0.898. The average Bonchev–Trinajstić information content (AvgIpc) is 2.48. The molecule has 2 aromatic rings. The van der Waals surface area contributed by atoms with E-state index in [-0.39, 0.29) is 11.6 Å². The molecule has 1 unspecified atom stereocenters. The number of nitrogens with zero attached hydrogens (tertiary/aromatic N) is 1. The number of para-hydroxylation sites is 1. The van der Waals surface area contributed by atoms with Gasteiger partial charge in [0.2, 0.25) is 0 Å². The van der Waals surface area contributed by atoms with Gasteiger partial charge in [-0.1, -0.05) is 18.2 Å². The lowest BCUT2D eigenvalue weighted by molar-refractivity contribution is 0.0696. The van der Waals surface area contributed by atoms with Crippen LogP contribution < -0.4 is 5.32 Å². The maximum atomic E-state index is 11.4. The first kappa shape index (κ1) is 12.9. The highest BCUT2D eigenvalue weighted by atomic mass is 16.5. The zero-order chi connectivity index (χ0) is 13.9. The SMILES string of the molecule is O=C(O)c1cnc2ccccc2c1NC1CCCOC1. The molecule has 2 N–H and O–H groups in total. The van der Waals surface area contributed by atoms with Crippen LogP contribution in [0.1, 0.15) is 23.2 Å². The Hall–Kier alpha value is -2.14. The number of benzene rings is 1. The van der Waals surface area contributed by atoms with E-state index < -0.39 is 5.97 Å². The summed E-state index contributed by atoms with van der Waals surface area (Å²) in [5, 5.41) is 13.5. The molecule has 3 rings (SSSR count). The number of pyridine rings is 1. The van der Waals surface area contributed by atoms with Gasteiger partial charge in [-0.25, -0.2) is 4.79 Å². The number of aromatic carboxylic acids is 1. The zero-order valence-corrected chi connectivity index (χ0v) is 11.0. The lowest BCUT2D eigenvalue weighted by atomic mass is 10.1. The number of aromatic nitrogens is 1. The van der Waals surface area contributed by atoms with Gasteiger partial charge >= 0.3 is 5.97 Å². The second kappa shape index (κ2) is 5.46. The van der Waals surface area contributed by atoms with Crippen molar-refractivity contribution in [1.29, 1.82) is 0 Å². The number of anilines is 1. The van der Waals surface area contributed by atoms with E-state index in [1.165, 1.54) is 6.20 Å². The smallest absolute Gasteiger partial charge is 0.339 e. The number of ether oxygens (including phenoxy) is 1. The molecule has 1 fully saturated rings. The van der Waals surface area contributed by atoms with Gasteiger partial charge in [-0.15, -0.1) is 0 Å². The number of carbonyl (C=O) groups is 1. The Bertz CT molecular complexity index is 636. The molecular formula is C15H16N2O3. The molecule has 104 valence electrons. The van der Waals surface area contributed by atoms with Gasteiger partial charge in [-0.3, -0.25) is 4.98 Å². The Morgan fingerprint density at radius 2 is 2.25 bits per heavy atom. The Morgan fingerprint density at radius 3 is 3.00 bits per heavy atom. The van der Waals surface area contributed by atoms with Crippen molar-refractivity contribution in [3.05, 3.63) is 36.0 Å². The van der Waals surface area contributed by atoms with E-state index in [4.69, 9.17) is 4.74 Å². The molecule has 5 heteroatoms. The third-order valence-electron chi connectivity index (χ3n) is 3.51. The number of carboxylic acid groups (broad SMARTS) is 1. The molecule has 1 aliphatic heterocycles. The standard InChI is InChI=1S/C15H16N2O3/c18-15(19)12-8-16-13-6-2-1-5-11(13)14(12)17-10-4-3-7-20-9-10/h1-2,5-6,8,10H,3-4,7,9H2,(H,16,17)(H,18,19). The topological polar surface area (TPSA) is 71.5 Å². The van der Waals surface area contributed by atoms with Crippen molar-refractivity contribution in [3.63, 3.8) is 0 Å². The Balaban J connectivity index is 2.04. The number of rotatable bonds is 3. The Labute approximate surface area is 116 Å². The fourth-order valence-corrected chi connectivity index (χ4v) is 2.52. The lowest BCUT2D eigenvalue weighted by Crippen LogP contribution is -2.30. The summed E-state index contributed by atoms with van der Waals surface area (Å²) in [4.78, 5) is 15.6. The number of fused-ring (bicyclic) bond motifs is 1. The molecule has 0 saturated carbocycles. The van der Waals surface area contributed by atoms with Gasteiger partial charge in [-0.05, 0) is 18.9 Å². The molecule has 0 aliphatic carbocycles. The van der Waals surface area contributed by atoms with E-state index in [9.17, 15) is 9.90 Å². The van der Waals surface area contributed by atoms with E-state index in [2.05, 4.69) is 10.3 Å². The molecule has 0 radical (unpaired) electrons. The van der Waals surface area contributed by atoms with Crippen molar-refractivity contribution < 1.29 is 14.6 Å². The normalized spacial score (nSPS) is 18.9. The molecule has 1 saturated heterocycles. The zero-order valence-electron chi connectivity index (χ0n) is 11.0. The molecule has 0 amide bonds. The largest absolute Gasteiger partial charge is 0.478 e. The van der Waals surface area contributed by atoms with E-state index in [1.807, 2.05) is 24.3 Å². The minimum atomic E-state index is -0.970. The first-order valence-corrected chi connectivity index (χ1v) is 6.71. The van der Waals surface area contributed by atoms with Gasteiger partial charge in [0.05, 0.1) is 17.8 Å². The third kappa shape index (κ3) is 2.44. The number of hydrogen-bond acceptors (Lipinski definition) is 4. The van der Waals surface area contributed by atoms with Gasteiger partial charge in [0, 0.05) is 24.2 Å². The monoisotopic (exact) mass is 272 g/mol. The van der Waals surface area contributed by atoms with Crippen LogP contribution >= 0.6 is 0 Å². The molecular weight excluding hydrogens is 256 g/mol. The highest BCUT2D eigenvalue weighted by molar-refractivity contribution is 6.04. The number of nitrogens with one attached hydrogen (secondary N) is 1. The summed E-state index contributed by atoms with van der Waals surface area (Å²) < 4.78 is 5.44. The van der Waals surface area contributed by atoms with E-state index in [1.54, 1.807) is 0 Å². The van der Waals surface area contributed by atoms with Gasteiger partial charge in [-0.2, -0.15) is 0 Å². The average molecular weight is 272 g/mol. The second-order valence-corrected chi connectivity index (χ2v) is 4.93. The van der Waals surface area contributed by atoms with Crippen molar-refractivity contribution in [2.45, 2.75) is 18.9 Å². The van der Waals surface area contributed by atoms with Crippen LogP contribution in [0, 0.1) is 0 Å². The van der Waals surface area contributed by atoms with Crippen LogP contribution in [0.4, 0.5) is 5.69 Å². The van der Waals surface area contributed by atoms with Gasteiger partial charge in [0.15, 0.2) is 0 Å². The summed E-state index contributed by atoms with van der Waals surface area (Å²) in [5.41, 5.74) is 1.63. The van der Waals surface area contributed by atoms with E-state index in [0.717, 1.165) is 30.4 Å². The summed E-state index contributed by atoms with van der Waals surface area (Å²) in [5.74, 6) is -0.970. The number of carboxylic acids is 1. The molecule has 1 atom stereocenters. The Morgan fingerprint density at radius 1 is 1.40 bits per heavy atom. The molecule has 2 heterocycles. The van der Waals surface area contributed by atoms with Crippen LogP contribution in [0.3, 0.4) is 0 Å². The molecule has 0 bridgehead atoms. The van der Waals surface area contributed by atoms with Crippen LogP contribution in [0.5, 0.6) is 0 Å². The molecule has 0 spiro atoms. The third-order valence-corrected chi connectivity index (χ3v) is 3.51. The van der Waals surface area contributed by atoms with Crippen molar-refractivity contribution in [2.24, 2.45) is 0 Å². The summed E-state index contributed by atoms with van der Waals surface area (Å²) in [7, 11) is 0. The van der Waals surface area contributed by atoms with Gasteiger partial charge in [0.25, 0.3) is 0 Å². The highest BCUT2D eigenvalue weighted by Crippen LogP contribution is 2.27. The van der Waals surface area contributed by atoms with E-state index >= 15 is 0 Å². The predicted molar refractivity (Wildman–Crippen MR) is 76.2 cm³/mol. The van der Waals surface area contributed by atoms with Crippen LogP contribution in [0.25, 0.3) is 10.9 Å². The minimum absolute atomic E-state index is 0.146. The summed E-state index contributed by atoms with van der Waals surface area (Å²) in [6.07, 6.45) is 3.38. The van der Waals surface area contributed by atoms with E-state index in [0.29, 0.717) is 12.3 Å². The molecule has 1 aliphatic rings. The van der Waals surface area contributed by atoms with Crippen molar-refractivity contribution in [1.82, 2.24) is 4.98 Å². The minimum Gasteiger partial charge on any atom is -0.478 e. The second-order valence-electron chi connectivity index (χ2n) is 4.93. The fourth-order valence-electron chi connectivity index (χ4n) is 2.52. The predicted octanol–water partition coefficient (Wildman–Crippen LogP) is 2.52. The first-order chi connectivity index (χ1) is 9.75. The molecule has 5 nitrogen and oxygen atoms in total. The van der Waals surface area contributed by atoms with Crippen molar-refractivity contribution in [2.75, 3.05) is 18.5 Å². The van der Waals surface area contributed by atoms with Crippen LogP contribution in [-0.4, -0.2) is 35.3 Å². The summed E-state index contributed by atoms with van der Waals surface area (Å²) in [6.45, 7) is 1.39. The maximum absolute atomic E-state index is 11.4.